The smallest absolute Gasteiger partial charge is 0.224 e. The van der Waals surface area contributed by atoms with Crippen molar-refractivity contribution in [2.45, 2.75) is 19.3 Å². The number of carbonyl (C=O) groups is 1. The minimum atomic E-state index is -0.142. The first-order valence-corrected chi connectivity index (χ1v) is 6.32. The van der Waals surface area contributed by atoms with Crippen molar-refractivity contribution in [1.29, 1.82) is 0 Å². The van der Waals surface area contributed by atoms with Gasteiger partial charge in [-0.1, -0.05) is 11.6 Å². The van der Waals surface area contributed by atoms with Crippen LogP contribution in [0.4, 0.5) is 5.69 Å². The van der Waals surface area contributed by atoms with Crippen LogP contribution in [0.3, 0.4) is 0 Å². The molecule has 0 spiro atoms. The molecule has 19 heavy (non-hydrogen) atoms. The van der Waals surface area contributed by atoms with Gasteiger partial charge in [0.15, 0.2) is 0 Å². The van der Waals surface area contributed by atoms with Crippen molar-refractivity contribution in [3.05, 3.63) is 17.2 Å². The number of benzene rings is 1. The van der Waals surface area contributed by atoms with E-state index in [0.717, 1.165) is 0 Å². The van der Waals surface area contributed by atoms with Crippen LogP contribution in [-0.4, -0.2) is 31.8 Å². The van der Waals surface area contributed by atoms with E-state index in [1.807, 2.05) is 0 Å². The van der Waals surface area contributed by atoms with E-state index < -0.39 is 0 Å². The zero-order chi connectivity index (χ0) is 14.3. The van der Waals surface area contributed by atoms with Crippen LogP contribution in [0.5, 0.6) is 11.5 Å². The van der Waals surface area contributed by atoms with Crippen LogP contribution in [0.1, 0.15) is 19.3 Å². The molecular formula is C13H18ClNO4. The molecule has 0 saturated heterocycles. The first kappa shape index (κ1) is 15.6. The first-order chi connectivity index (χ1) is 9.12. The van der Waals surface area contributed by atoms with Gasteiger partial charge in [0.25, 0.3) is 0 Å². The maximum atomic E-state index is 11.7. The quantitative estimate of drug-likeness (QED) is 0.756. The number of halogens is 1. The average molecular weight is 288 g/mol. The number of amides is 1. The number of methoxy groups -OCH3 is 2. The highest BCUT2D eigenvalue weighted by atomic mass is 35.5. The van der Waals surface area contributed by atoms with Crippen molar-refractivity contribution in [2.24, 2.45) is 0 Å². The van der Waals surface area contributed by atoms with Gasteiger partial charge < -0.3 is 19.9 Å². The minimum Gasteiger partial charge on any atom is -0.495 e. The Morgan fingerprint density at radius 1 is 1.26 bits per heavy atom. The highest BCUT2D eigenvalue weighted by molar-refractivity contribution is 6.32. The number of hydrogen-bond donors (Lipinski definition) is 2. The lowest BCUT2D eigenvalue weighted by Gasteiger charge is -2.13. The van der Waals surface area contributed by atoms with E-state index in [0.29, 0.717) is 41.5 Å². The molecule has 6 heteroatoms. The second-order valence-corrected chi connectivity index (χ2v) is 4.32. The number of anilines is 1. The van der Waals surface area contributed by atoms with Crippen LogP contribution in [0.2, 0.25) is 5.02 Å². The number of ether oxygens (including phenoxy) is 2. The topological polar surface area (TPSA) is 67.8 Å². The summed E-state index contributed by atoms with van der Waals surface area (Å²) in [6.07, 6.45) is 1.58. The molecule has 2 N–H and O–H groups in total. The Balaban J connectivity index is 2.78. The van der Waals surface area contributed by atoms with E-state index in [-0.39, 0.29) is 12.5 Å². The Morgan fingerprint density at radius 3 is 2.53 bits per heavy atom. The van der Waals surface area contributed by atoms with E-state index in [2.05, 4.69) is 5.32 Å². The number of carbonyl (C=O) groups excluding carboxylic acids is 1. The summed E-state index contributed by atoms with van der Waals surface area (Å²) in [4.78, 5) is 11.7. The molecule has 0 heterocycles. The van der Waals surface area contributed by atoms with Crippen molar-refractivity contribution in [2.75, 3.05) is 26.1 Å². The molecule has 5 nitrogen and oxygen atoms in total. The molecule has 1 rings (SSSR count). The molecule has 0 radical (unpaired) electrons. The highest BCUT2D eigenvalue weighted by Gasteiger charge is 2.12. The first-order valence-electron chi connectivity index (χ1n) is 5.94. The predicted octanol–water partition coefficient (Wildman–Crippen LogP) is 2.46. The molecule has 106 valence electrons. The molecule has 0 unspecified atom stereocenters. The molecule has 0 bridgehead atoms. The summed E-state index contributed by atoms with van der Waals surface area (Å²) in [6, 6.07) is 3.20. The summed E-state index contributed by atoms with van der Waals surface area (Å²) in [5.41, 5.74) is 0.512. The summed E-state index contributed by atoms with van der Waals surface area (Å²) < 4.78 is 10.3. The van der Waals surface area contributed by atoms with Gasteiger partial charge in [-0.25, -0.2) is 0 Å². The normalized spacial score (nSPS) is 10.1. The zero-order valence-electron chi connectivity index (χ0n) is 11.0. The van der Waals surface area contributed by atoms with Crippen LogP contribution in [0.25, 0.3) is 0 Å². The fourth-order valence-corrected chi connectivity index (χ4v) is 1.80. The molecule has 1 amide bonds. The number of aliphatic hydroxyl groups excluding tert-OH is 1. The molecule has 0 aliphatic heterocycles. The number of hydrogen-bond acceptors (Lipinski definition) is 4. The average Bonchev–Trinajstić information content (AvgIpc) is 2.40. The third kappa shape index (κ3) is 4.61. The monoisotopic (exact) mass is 287 g/mol. The number of aliphatic hydroxyl groups is 1. The van der Waals surface area contributed by atoms with E-state index in [1.54, 1.807) is 12.1 Å². The van der Waals surface area contributed by atoms with Gasteiger partial charge in [0.1, 0.15) is 11.5 Å². The lowest BCUT2D eigenvalue weighted by atomic mass is 10.2. The van der Waals surface area contributed by atoms with Gasteiger partial charge in [0, 0.05) is 25.2 Å². The van der Waals surface area contributed by atoms with Crippen molar-refractivity contribution in [3.8, 4) is 11.5 Å². The Morgan fingerprint density at radius 2 is 1.95 bits per heavy atom. The third-order valence-electron chi connectivity index (χ3n) is 2.56. The van der Waals surface area contributed by atoms with Gasteiger partial charge in [0.2, 0.25) is 5.91 Å². The standard InChI is InChI=1S/C13H18ClNO4/c1-18-11-8-10(12(19-2)7-9(11)14)15-13(17)5-3-4-6-16/h7-8,16H,3-6H2,1-2H3,(H,15,17). The molecule has 1 aromatic rings. The Kier molecular flexibility index (Phi) is 6.45. The fraction of sp³-hybridized carbons (Fsp3) is 0.462. The van der Waals surface area contributed by atoms with Crippen LogP contribution < -0.4 is 14.8 Å². The maximum absolute atomic E-state index is 11.7. The number of nitrogens with one attached hydrogen (secondary N) is 1. The van der Waals surface area contributed by atoms with Crippen molar-refractivity contribution in [3.63, 3.8) is 0 Å². The van der Waals surface area contributed by atoms with Crippen molar-refractivity contribution >= 4 is 23.2 Å². The van der Waals surface area contributed by atoms with Gasteiger partial charge in [-0.15, -0.1) is 0 Å². The van der Waals surface area contributed by atoms with Gasteiger partial charge in [-0.05, 0) is 12.8 Å². The minimum absolute atomic E-state index is 0.0887. The lowest BCUT2D eigenvalue weighted by Crippen LogP contribution is -2.12. The van der Waals surface area contributed by atoms with Crippen LogP contribution in [0, 0.1) is 0 Å². The maximum Gasteiger partial charge on any atom is 0.224 e. The van der Waals surface area contributed by atoms with Crippen LogP contribution in [-0.2, 0) is 4.79 Å². The molecule has 0 saturated carbocycles. The fourth-order valence-electron chi connectivity index (χ4n) is 1.57. The largest absolute Gasteiger partial charge is 0.495 e. The van der Waals surface area contributed by atoms with Gasteiger partial charge in [0.05, 0.1) is 24.9 Å². The molecular weight excluding hydrogens is 270 g/mol. The van der Waals surface area contributed by atoms with E-state index in [4.69, 9.17) is 26.2 Å². The van der Waals surface area contributed by atoms with Crippen molar-refractivity contribution in [1.82, 2.24) is 0 Å². The second kappa shape index (κ2) is 7.86. The molecule has 0 aliphatic rings. The second-order valence-electron chi connectivity index (χ2n) is 3.92. The molecule has 0 aliphatic carbocycles. The van der Waals surface area contributed by atoms with Crippen molar-refractivity contribution < 1.29 is 19.4 Å². The molecule has 0 aromatic heterocycles. The summed E-state index contributed by atoms with van der Waals surface area (Å²) in [5.74, 6) is 0.797. The molecule has 0 atom stereocenters. The SMILES string of the molecule is COc1cc(NC(=O)CCCCO)c(OC)cc1Cl. The predicted molar refractivity (Wildman–Crippen MR) is 74.1 cm³/mol. The number of rotatable bonds is 7. The van der Waals surface area contributed by atoms with E-state index >= 15 is 0 Å². The van der Waals surface area contributed by atoms with Gasteiger partial charge in [-0.2, -0.15) is 0 Å². The van der Waals surface area contributed by atoms with Crippen LogP contribution >= 0.6 is 11.6 Å². The Hall–Kier alpha value is -1.46. The van der Waals surface area contributed by atoms with E-state index in [1.165, 1.54) is 14.2 Å². The Bertz CT molecular complexity index is 437. The summed E-state index contributed by atoms with van der Waals surface area (Å²) >= 11 is 5.97. The molecule has 1 aromatic carbocycles. The summed E-state index contributed by atoms with van der Waals surface area (Å²) in [6.45, 7) is 0.0887. The van der Waals surface area contributed by atoms with Gasteiger partial charge in [-0.3, -0.25) is 4.79 Å². The summed E-state index contributed by atoms with van der Waals surface area (Å²) in [7, 11) is 3.00. The highest BCUT2D eigenvalue weighted by Crippen LogP contribution is 2.35. The third-order valence-corrected chi connectivity index (χ3v) is 2.86. The van der Waals surface area contributed by atoms with E-state index in [9.17, 15) is 4.79 Å². The summed E-state index contributed by atoms with van der Waals surface area (Å²) in [5, 5.41) is 11.8. The van der Waals surface area contributed by atoms with Crippen LogP contribution in [0.15, 0.2) is 12.1 Å². The van der Waals surface area contributed by atoms with Gasteiger partial charge >= 0.3 is 0 Å². The zero-order valence-corrected chi connectivity index (χ0v) is 11.8. The lowest BCUT2D eigenvalue weighted by molar-refractivity contribution is -0.116. The Labute approximate surface area is 117 Å². The number of unbranched alkanes of at least 4 members (excludes halogenated alkanes) is 1. The molecule has 0 fully saturated rings.